The molecular weight excluding hydrogens is 418 g/mol. The van der Waals surface area contributed by atoms with Crippen LogP contribution in [0.15, 0.2) is 51.9 Å². The van der Waals surface area contributed by atoms with Gasteiger partial charge in [-0.3, -0.25) is 14.6 Å². The van der Waals surface area contributed by atoms with Gasteiger partial charge in [-0.25, -0.2) is 4.99 Å². The van der Waals surface area contributed by atoms with Gasteiger partial charge < -0.3 is 4.74 Å². The van der Waals surface area contributed by atoms with E-state index in [9.17, 15) is 4.79 Å². The predicted molar refractivity (Wildman–Crippen MR) is 116 cm³/mol. The molecule has 0 spiro atoms. The van der Waals surface area contributed by atoms with E-state index in [2.05, 4.69) is 32.7 Å². The first-order valence-corrected chi connectivity index (χ1v) is 10.4. The highest BCUT2D eigenvalue weighted by Gasteiger charge is 2.35. The molecule has 0 radical (unpaired) electrons. The Morgan fingerprint density at radius 3 is 2.54 bits per heavy atom. The highest BCUT2D eigenvalue weighted by Crippen LogP contribution is 2.34. The Kier molecular flexibility index (Phi) is 5.51. The fraction of sp³-hybridized carbons (Fsp3) is 0.364. The molecule has 2 heterocycles. The number of fused-ring (bicyclic) bond motifs is 1. The molecule has 1 fully saturated rings. The normalized spacial score (nSPS) is 19.3. The third-order valence-corrected chi connectivity index (χ3v) is 5.98. The highest BCUT2D eigenvalue weighted by atomic mass is 79.9. The Hall–Kier alpha value is -2.18. The van der Waals surface area contributed by atoms with Crippen LogP contribution in [0.25, 0.3) is 0 Å². The number of carbonyl (C=O) groups is 1. The smallest absolute Gasteiger partial charge is 0.278 e. The molecule has 1 saturated heterocycles. The van der Waals surface area contributed by atoms with Gasteiger partial charge in [-0.1, -0.05) is 22.9 Å². The molecule has 5 nitrogen and oxygen atoms in total. The number of nitrogens with zero attached hydrogens (tertiary/aromatic N) is 3. The van der Waals surface area contributed by atoms with Crippen molar-refractivity contribution >= 4 is 38.9 Å². The number of rotatable bonds is 4. The number of methoxy groups -OCH3 is 1. The average Bonchev–Trinajstić information content (AvgIpc) is 2.95. The predicted octanol–water partition coefficient (Wildman–Crippen LogP) is 4.61. The molecule has 2 aromatic rings. The van der Waals surface area contributed by atoms with E-state index in [0.717, 1.165) is 46.2 Å². The van der Waals surface area contributed by atoms with Crippen molar-refractivity contribution in [3.63, 3.8) is 0 Å². The van der Waals surface area contributed by atoms with E-state index in [4.69, 9.17) is 4.74 Å². The molecule has 28 heavy (non-hydrogen) atoms. The monoisotopic (exact) mass is 441 g/mol. The number of piperidine rings is 1. The van der Waals surface area contributed by atoms with Crippen molar-refractivity contribution in [2.24, 2.45) is 10.9 Å². The Labute approximate surface area is 174 Å². The number of anilines is 1. The summed E-state index contributed by atoms with van der Waals surface area (Å²) in [7, 11) is 1.63. The summed E-state index contributed by atoms with van der Waals surface area (Å²) in [6.07, 6.45) is 2.37. The van der Waals surface area contributed by atoms with Crippen molar-refractivity contribution in [1.29, 1.82) is 0 Å². The van der Waals surface area contributed by atoms with Gasteiger partial charge in [0.2, 0.25) is 0 Å². The lowest BCUT2D eigenvalue weighted by molar-refractivity contribution is -0.112. The number of ether oxygens (including phenoxy) is 1. The molecule has 0 atom stereocenters. The molecule has 2 aromatic carbocycles. The number of hydrogen-bond donors (Lipinski definition) is 0. The van der Waals surface area contributed by atoms with Gasteiger partial charge in [0, 0.05) is 23.1 Å². The van der Waals surface area contributed by atoms with E-state index in [1.54, 1.807) is 7.11 Å². The summed E-state index contributed by atoms with van der Waals surface area (Å²) in [6, 6.07) is 13.4. The van der Waals surface area contributed by atoms with Crippen LogP contribution in [0.5, 0.6) is 5.75 Å². The maximum absolute atomic E-state index is 13.3. The van der Waals surface area contributed by atoms with Crippen LogP contribution in [0, 0.1) is 5.92 Å². The molecular formula is C22H24BrN3O2. The van der Waals surface area contributed by atoms with Gasteiger partial charge in [-0.05, 0) is 61.2 Å². The lowest BCUT2D eigenvalue weighted by Crippen LogP contribution is -2.44. The summed E-state index contributed by atoms with van der Waals surface area (Å²) < 4.78 is 6.15. The van der Waals surface area contributed by atoms with Gasteiger partial charge in [0.1, 0.15) is 11.5 Å². The number of carbonyl (C=O) groups excluding carboxylic acids is 1. The SMILES string of the molecule is COc1ccc(N=C2C(=O)N(CN3CCC(C)CC3)c3ccc(Br)cc32)cc1. The molecule has 0 N–H and O–H groups in total. The Morgan fingerprint density at radius 2 is 1.86 bits per heavy atom. The maximum atomic E-state index is 13.3. The van der Waals surface area contributed by atoms with Crippen molar-refractivity contribution in [2.45, 2.75) is 19.8 Å². The van der Waals surface area contributed by atoms with Crippen molar-refractivity contribution in [1.82, 2.24) is 4.90 Å². The first kappa shape index (κ1) is 19.2. The highest BCUT2D eigenvalue weighted by molar-refractivity contribution is 9.10. The maximum Gasteiger partial charge on any atom is 0.278 e. The molecule has 2 aliphatic rings. The minimum atomic E-state index is -0.0393. The van der Waals surface area contributed by atoms with Gasteiger partial charge >= 0.3 is 0 Å². The summed E-state index contributed by atoms with van der Waals surface area (Å²) in [5.41, 5.74) is 3.04. The van der Waals surface area contributed by atoms with E-state index >= 15 is 0 Å². The molecule has 0 aromatic heterocycles. The average molecular weight is 442 g/mol. The van der Waals surface area contributed by atoms with Gasteiger partial charge in [0.15, 0.2) is 0 Å². The van der Waals surface area contributed by atoms with Crippen LogP contribution in [-0.2, 0) is 4.79 Å². The topological polar surface area (TPSA) is 45.1 Å². The van der Waals surface area contributed by atoms with Gasteiger partial charge in [0.25, 0.3) is 5.91 Å². The largest absolute Gasteiger partial charge is 0.497 e. The fourth-order valence-electron chi connectivity index (χ4n) is 3.72. The third kappa shape index (κ3) is 3.84. The summed E-state index contributed by atoms with van der Waals surface area (Å²) in [5.74, 6) is 1.49. The second-order valence-corrected chi connectivity index (χ2v) is 8.41. The molecule has 0 bridgehead atoms. The molecule has 2 aliphatic heterocycles. The van der Waals surface area contributed by atoms with E-state index in [1.807, 2.05) is 47.4 Å². The number of amides is 1. The quantitative estimate of drug-likeness (QED) is 0.695. The second-order valence-electron chi connectivity index (χ2n) is 7.50. The zero-order valence-corrected chi connectivity index (χ0v) is 17.8. The summed E-state index contributed by atoms with van der Waals surface area (Å²) in [5, 5.41) is 0. The van der Waals surface area contributed by atoms with Crippen LogP contribution in [0.3, 0.4) is 0 Å². The number of benzene rings is 2. The third-order valence-electron chi connectivity index (χ3n) is 5.48. The number of aliphatic imine (C=N–C) groups is 1. The second kappa shape index (κ2) is 8.05. The zero-order valence-electron chi connectivity index (χ0n) is 16.2. The zero-order chi connectivity index (χ0) is 19.7. The molecule has 4 rings (SSSR count). The molecule has 1 amide bonds. The van der Waals surface area contributed by atoms with E-state index in [-0.39, 0.29) is 5.91 Å². The van der Waals surface area contributed by atoms with Crippen LogP contribution in [0.4, 0.5) is 11.4 Å². The lowest BCUT2D eigenvalue weighted by atomic mass is 10.00. The van der Waals surface area contributed by atoms with Crippen LogP contribution >= 0.6 is 15.9 Å². The fourth-order valence-corrected chi connectivity index (χ4v) is 4.08. The molecule has 0 unspecified atom stereocenters. The van der Waals surface area contributed by atoms with Crippen LogP contribution in [0.1, 0.15) is 25.3 Å². The summed E-state index contributed by atoms with van der Waals surface area (Å²) in [6.45, 7) is 4.97. The van der Waals surface area contributed by atoms with Crippen LogP contribution < -0.4 is 9.64 Å². The van der Waals surface area contributed by atoms with Crippen LogP contribution in [-0.4, -0.2) is 43.4 Å². The molecule has 146 valence electrons. The van der Waals surface area contributed by atoms with Gasteiger partial charge in [0.05, 0.1) is 25.2 Å². The lowest BCUT2D eigenvalue weighted by Gasteiger charge is -2.33. The number of hydrogen-bond acceptors (Lipinski definition) is 4. The first-order valence-electron chi connectivity index (χ1n) is 9.62. The van der Waals surface area contributed by atoms with Crippen molar-refractivity contribution in [2.75, 3.05) is 31.8 Å². The van der Waals surface area contributed by atoms with Crippen molar-refractivity contribution in [3.8, 4) is 5.75 Å². The van der Waals surface area contributed by atoms with E-state index < -0.39 is 0 Å². The summed E-state index contributed by atoms with van der Waals surface area (Å²) in [4.78, 5) is 22.2. The Bertz CT molecular complexity index is 902. The molecule has 0 saturated carbocycles. The molecule has 0 aliphatic carbocycles. The van der Waals surface area contributed by atoms with Crippen molar-refractivity contribution < 1.29 is 9.53 Å². The molecule has 6 heteroatoms. The standard InChI is InChI=1S/C22H24BrN3O2/c1-15-9-11-25(12-10-15)14-26-20-8-3-16(23)13-19(20)21(22(26)27)24-17-4-6-18(28-2)7-5-17/h3-8,13,15H,9-12,14H2,1-2H3. The van der Waals surface area contributed by atoms with E-state index in [0.29, 0.717) is 12.4 Å². The number of likely N-dealkylation sites (tertiary alicyclic amines) is 1. The van der Waals surface area contributed by atoms with Crippen molar-refractivity contribution in [3.05, 3.63) is 52.5 Å². The summed E-state index contributed by atoms with van der Waals surface area (Å²) >= 11 is 3.53. The van der Waals surface area contributed by atoms with Crippen LogP contribution in [0.2, 0.25) is 0 Å². The van der Waals surface area contributed by atoms with Gasteiger partial charge in [-0.2, -0.15) is 0 Å². The number of halogens is 1. The van der Waals surface area contributed by atoms with E-state index in [1.165, 1.54) is 12.8 Å². The van der Waals surface area contributed by atoms with Gasteiger partial charge in [-0.15, -0.1) is 0 Å². The minimum Gasteiger partial charge on any atom is -0.497 e. The Balaban J connectivity index is 1.65. The first-order chi connectivity index (χ1) is 13.5. The Morgan fingerprint density at radius 1 is 1.14 bits per heavy atom. The minimum absolute atomic E-state index is 0.0393.